The Morgan fingerprint density at radius 2 is 1.91 bits per heavy atom. The maximum Gasteiger partial charge on any atom is 0.221 e. The van der Waals surface area contributed by atoms with E-state index < -0.39 is 0 Å². The maximum absolute atomic E-state index is 6.06. The van der Waals surface area contributed by atoms with Crippen LogP contribution in [0.1, 0.15) is 52.0 Å². The van der Waals surface area contributed by atoms with Gasteiger partial charge >= 0.3 is 0 Å². The Morgan fingerprint density at radius 3 is 2.59 bits per heavy atom. The van der Waals surface area contributed by atoms with Gasteiger partial charge in [0.25, 0.3) is 0 Å². The molecule has 0 bridgehead atoms. The number of anilines is 1. The first kappa shape index (κ1) is 15.1. The fourth-order valence-electron chi connectivity index (χ4n) is 3.23. The van der Waals surface area contributed by atoms with E-state index in [4.69, 9.17) is 4.74 Å². The Morgan fingerprint density at radius 1 is 1.18 bits per heavy atom. The summed E-state index contributed by atoms with van der Waals surface area (Å²) in [7, 11) is 0. The van der Waals surface area contributed by atoms with Gasteiger partial charge < -0.3 is 10.1 Å². The lowest BCUT2D eigenvalue weighted by atomic mass is 10.0. The van der Waals surface area contributed by atoms with E-state index in [9.17, 15) is 0 Å². The average molecular weight is 298 g/mol. The van der Waals surface area contributed by atoms with Gasteiger partial charge in [0.1, 0.15) is 5.60 Å². The third-order valence-corrected chi connectivity index (χ3v) is 4.18. The minimum Gasteiger partial charge on any atom is -0.471 e. The first-order chi connectivity index (χ1) is 10.4. The Balaban J connectivity index is 2.04. The number of ether oxygens (including phenoxy) is 1. The number of hydrogen-bond donors (Lipinski definition) is 1. The molecule has 3 heteroatoms. The van der Waals surface area contributed by atoms with Gasteiger partial charge in [-0.15, -0.1) is 0 Å². The summed E-state index contributed by atoms with van der Waals surface area (Å²) < 4.78 is 6.06. The van der Waals surface area contributed by atoms with Gasteiger partial charge in [0, 0.05) is 28.7 Å². The van der Waals surface area contributed by atoms with Crippen LogP contribution in [-0.4, -0.2) is 16.6 Å². The predicted octanol–water partition coefficient (Wildman–Crippen LogP) is 5.08. The van der Waals surface area contributed by atoms with E-state index in [0.29, 0.717) is 6.04 Å². The van der Waals surface area contributed by atoms with Crippen molar-refractivity contribution < 1.29 is 4.74 Å². The minimum atomic E-state index is -0.246. The van der Waals surface area contributed by atoms with Crippen molar-refractivity contribution in [2.75, 3.05) is 5.32 Å². The van der Waals surface area contributed by atoms with Crippen molar-refractivity contribution in [1.82, 2.24) is 4.98 Å². The fourth-order valence-corrected chi connectivity index (χ4v) is 3.23. The number of benzene rings is 1. The highest BCUT2D eigenvalue weighted by atomic mass is 16.5. The van der Waals surface area contributed by atoms with Gasteiger partial charge in [0.15, 0.2) is 0 Å². The number of nitrogens with one attached hydrogen (secondary N) is 1. The van der Waals surface area contributed by atoms with E-state index in [-0.39, 0.29) is 5.60 Å². The van der Waals surface area contributed by atoms with Gasteiger partial charge in [-0.25, -0.2) is 4.98 Å². The SMILES string of the molecule is Cc1cnc(OC(C)(C)C)c2cccc(NC3CCCC3)c12. The summed E-state index contributed by atoms with van der Waals surface area (Å²) in [6.45, 7) is 8.29. The van der Waals surface area contributed by atoms with Gasteiger partial charge in [-0.1, -0.05) is 18.9 Å². The first-order valence-corrected chi connectivity index (χ1v) is 8.28. The zero-order valence-corrected chi connectivity index (χ0v) is 14.1. The molecule has 3 nitrogen and oxygen atoms in total. The molecular formula is C19H26N2O. The van der Waals surface area contributed by atoms with Crippen molar-refractivity contribution in [3.63, 3.8) is 0 Å². The van der Waals surface area contributed by atoms with Crippen molar-refractivity contribution in [2.45, 2.75) is 65.0 Å². The summed E-state index contributed by atoms with van der Waals surface area (Å²) in [4.78, 5) is 4.51. The summed E-state index contributed by atoms with van der Waals surface area (Å²) in [6.07, 6.45) is 7.13. The van der Waals surface area contributed by atoms with Crippen molar-refractivity contribution in [3.05, 3.63) is 30.0 Å². The molecule has 0 unspecified atom stereocenters. The van der Waals surface area contributed by atoms with Crippen LogP contribution in [0.4, 0.5) is 5.69 Å². The third kappa shape index (κ3) is 3.18. The lowest BCUT2D eigenvalue weighted by Crippen LogP contribution is -2.23. The first-order valence-electron chi connectivity index (χ1n) is 8.28. The van der Waals surface area contributed by atoms with Gasteiger partial charge in [-0.2, -0.15) is 0 Å². The molecule has 0 spiro atoms. The lowest BCUT2D eigenvalue weighted by molar-refractivity contribution is 0.126. The summed E-state index contributed by atoms with van der Waals surface area (Å²) in [5.74, 6) is 0.725. The van der Waals surface area contributed by atoms with Crippen LogP contribution in [0.25, 0.3) is 10.8 Å². The van der Waals surface area contributed by atoms with Crippen molar-refractivity contribution in [2.24, 2.45) is 0 Å². The zero-order chi connectivity index (χ0) is 15.7. The van der Waals surface area contributed by atoms with Crippen LogP contribution >= 0.6 is 0 Å². The largest absolute Gasteiger partial charge is 0.471 e. The highest BCUT2D eigenvalue weighted by Crippen LogP contribution is 2.34. The number of nitrogens with zero attached hydrogens (tertiary/aromatic N) is 1. The van der Waals surface area contributed by atoms with E-state index in [1.54, 1.807) is 0 Å². The number of rotatable bonds is 3. The smallest absolute Gasteiger partial charge is 0.221 e. The molecule has 1 fully saturated rings. The monoisotopic (exact) mass is 298 g/mol. The lowest BCUT2D eigenvalue weighted by Gasteiger charge is -2.23. The number of aryl methyl sites for hydroxylation is 1. The highest BCUT2D eigenvalue weighted by Gasteiger charge is 2.19. The molecule has 0 aliphatic heterocycles. The Bertz CT molecular complexity index is 667. The Labute approximate surface area is 133 Å². The number of hydrogen-bond acceptors (Lipinski definition) is 3. The third-order valence-electron chi connectivity index (χ3n) is 4.18. The molecule has 118 valence electrons. The molecule has 3 rings (SSSR count). The van der Waals surface area contributed by atoms with E-state index >= 15 is 0 Å². The Kier molecular flexibility index (Phi) is 3.98. The van der Waals surface area contributed by atoms with E-state index in [0.717, 1.165) is 11.3 Å². The number of fused-ring (bicyclic) bond motifs is 1. The second kappa shape index (κ2) is 5.79. The summed E-state index contributed by atoms with van der Waals surface area (Å²) in [5.41, 5.74) is 2.16. The van der Waals surface area contributed by atoms with Crippen LogP contribution in [-0.2, 0) is 0 Å². The quantitative estimate of drug-likeness (QED) is 0.858. The summed E-state index contributed by atoms with van der Waals surface area (Å²) in [5, 5.41) is 6.07. The van der Waals surface area contributed by atoms with Crippen LogP contribution in [0.5, 0.6) is 5.88 Å². The molecule has 0 amide bonds. The molecule has 1 aliphatic carbocycles. The van der Waals surface area contributed by atoms with E-state index in [1.807, 2.05) is 6.20 Å². The van der Waals surface area contributed by atoms with Crippen molar-refractivity contribution in [1.29, 1.82) is 0 Å². The van der Waals surface area contributed by atoms with Crippen molar-refractivity contribution >= 4 is 16.5 Å². The molecule has 0 radical (unpaired) electrons. The molecule has 1 N–H and O–H groups in total. The zero-order valence-electron chi connectivity index (χ0n) is 14.1. The predicted molar refractivity (Wildman–Crippen MR) is 92.7 cm³/mol. The molecule has 0 saturated heterocycles. The average Bonchev–Trinajstić information content (AvgIpc) is 2.94. The minimum absolute atomic E-state index is 0.246. The fraction of sp³-hybridized carbons (Fsp3) is 0.526. The molecule has 1 saturated carbocycles. The van der Waals surface area contributed by atoms with Crippen LogP contribution in [0.2, 0.25) is 0 Å². The van der Waals surface area contributed by atoms with Crippen LogP contribution in [0.15, 0.2) is 24.4 Å². The normalized spacial score (nSPS) is 16.2. The molecule has 1 aliphatic rings. The second-order valence-corrected chi connectivity index (χ2v) is 7.31. The number of aromatic nitrogens is 1. The van der Waals surface area contributed by atoms with Crippen LogP contribution < -0.4 is 10.1 Å². The summed E-state index contributed by atoms with van der Waals surface area (Å²) in [6, 6.07) is 6.98. The van der Waals surface area contributed by atoms with Gasteiger partial charge in [0.2, 0.25) is 5.88 Å². The molecular weight excluding hydrogens is 272 g/mol. The topological polar surface area (TPSA) is 34.1 Å². The maximum atomic E-state index is 6.06. The molecule has 22 heavy (non-hydrogen) atoms. The van der Waals surface area contributed by atoms with E-state index in [2.05, 4.69) is 56.2 Å². The van der Waals surface area contributed by atoms with E-state index in [1.165, 1.54) is 42.3 Å². The van der Waals surface area contributed by atoms with Crippen LogP contribution in [0.3, 0.4) is 0 Å². The second-order valence-electron chi connectivity index (χ2n) is 7.31. The van der Waals surface area contributed by atoms with Gasteiger partial charge in [-0.05, 0) is 58.2 Å². The van der Waals surface area contributed by atoms with Crippen molar-refractivity contribution in [3.8, 4) is 5.88 Å². The molecule has 1 aromatic heterocycles. The van der Waals surface area contributed by atoms with Crippen LogP contribution in [0, 0.1) is 6.92 Å². The molecule has 1 aromatic carbocycles. The standard InChI is InChI=1S/C19H26N2O/c1-13-12-20-18(22-19(2,3)4)15-10-7-11-16(17(13)15)21-14-8-5-6-9-14/h7,10-12,14,21H,5-6,8-9H2,1-4H3. The van der Waals surface area contributed by atoms with Gasteiger partial charge in [0.05, 0.1) is 0 Å². The highest BCUT2D eigenvalue weighted by molar-refractivity contribution is 5.99. The molecule has 2 aromatic rings. The van der Waals surface area contributed by atoms with Gasteiger partial charge in [-0.3, -0.25) is 0 Å². The molecule has 1 heterocycles. The summed E-state index contributed by atoms with van der Waals surface area (Å²) >= 11 is 0. The molecule has 0 atom stereocenters. The number of pyridine rings is 1. The Hall–Kier alpha value is -1.77.